The van der Waals surface area contributed by atoms with Crippen LogP contribution >= 0.6 is 58.3 Å². The maximum Gasteiger partial charge on any atom is 0.352 e. The summed E-state index contributed by atoms with van der Waals surface area (Å²) in [5, 5.41) is 13.1. The molecule has 0 unspecified atom stereocenters. The molecule has 2 aliphatic rings. The average molecular weight is 575 g/mol. The normalized spacial score (nSPS) is 19.3. The summed E-state index contributed by atoms with van der Waals surface area (Å²) in [6.45, 7) is 0.602. The van der Waals surface area contributed by atoms with Crippen LogP contribution in [-0.4, -0.2) is 50.7 Å². The van der Waals surface area contributed by atoms with E-state index in [0.29, 0.717) is 44.4 Å². The van der Waals surface area contributed by atoms with E-state index in [0.717, 1.165) is 17.5 Å². The molecule has 0 bridgehead atoms. The predicted molar refractivity (Wildman–Crippen MR) is 136 cm³/mol. The van der Waals surface area contributed by atoms with Gasteiger partial charge in [-0.15, -0.1) is 23.5 Å². The highest BCUT2D eigenvalue weighted by atomic mass is 35.5. The minimum absolute atomic E-state index is 0.00175. The van der Waals surface area contributed by atoms with Crippen molar-refractivity contribution >= 4 is 76.1 Å². The molecule has 1 saturated heterocycles. The van der Waals surface area contributed by atoms with Crippen molar-refractivity contribution < 1.29 is 24.1 Å². The number of pyridine rings is 1. The number of hydrogen-bond donors (Lipinski definition) is 3. The molecule has 184 valence electrons. The van der Waals surface area contributed by atoms with Gasteiger partial charge in [0, 0.05) is 28.4 Å². The van der Waals surface area contributed by atoms with Gasteiger partial charge in [-0.25, -0.2) is 4.79 Å². The summed E-state index contributed by atoms with van der Waals surface area (Å²) < 4.78 is 1.87. The van der Waals surface area contributed by atoms with Crippen molar-refractivity contribution in [2.75, 3.05) is 11.5 Å². The fourth-order valence-electron chi connectivity index (χ4n) is 3.84. The maximum absolute atomic E-state index is 12.9. The lowest BCUT2D eigenvalue weighted by molar-refractivity contribution is -0.696. The van der Waals surface area contributed by atoms with E-state index in [1.54, 1.807) is 6.07 Å². The molecule has 1 aromatic carbocycles. The number of rotatable bonds is 8. The Kier molecular flexibility index (Phi) is 8.19. The first-order chi connectivity index (χ1) is 16.7. The summed E-state index contributed by atoms with van der Waals surface area (Å²) >= 11 is 20.7. The number of benzene rings is 1. The highest BCUT2D eigenvalue weighted by Gasteiger charge is 2.54. The summed E-state index contributed by atoms with van der Waals surface area (Å²) in [6, 6.07) is 7.82. The number of amides is 2. The predicted octanol–water partition coefficient (Wildman–Crippen LogP) is 2.92. The van der Waals surface area contributed by atoms with Crippen LogP contribution in [0.25, 0.3) is 0 Å². The van der Waals surface area contributed by atoms with Crippen LogP contribution in [0.4, 0.5) is 0 Å². The molecule has 4 rings (SSSR count). The number of halogens is 3. The van der Waals surface area contributed by atoms with Crippen molar-refractivity contribution in [1.29, 1.82) is 0 Å². The van der Waals surface area contributed by atoms with Crippen molar-refractivity contribution in [2.24, 2.45) is 5.73 Å². The van der Waals surface area contributed by atoms with Crippen LogP contribution in [0.1, 0.15) is 5.69 Å². The highest BCUT2D eigenvalue weighted by Crippen LogP contribution is 2.40. The van der Waals surface area contributed by atoms with E-state index in [9.17, 15) is 19.5 Å². The zero-order valence-electron chi connectivity index (χ0n) is 18.0. The number of fused-ring (bicyclic) bond motifs is 1. The van der Waals surface area contributed by atoms with E-state index in [1.165, 1.54) is 22.7 Å². The van der Waals surface area contributed by atoms with E-state index < -0.39 is 23.3 Å². The third-order valence-corrected chi connectivity index (χ3v) is 9.05. The molecule has 0 saturated carbocycles. The van der Waals surface area contributed by atoms with Gasteiger partial charge >= 0.3 is 5.97 Å². The Hall–Kier alpha value is -1.95. The molecular weight excluding hydrogens is 555 g/mol. The molecule has 1 aromatic heterocycles. The number of β-lactam (4-membered cyclic amide) rings is 1. The Labute approximate surface area is 224 Å². The van der Waals surface area contributed by atoms with Gasteiger partial charge in [0.05, 0.1) is 27.4 Å². The molecule has 0 aliphatic carbocycles. The number of hydrogen-bond acceptors (Lipinski definition) is 6. The van der Waals surface area contributed by atoms with Crippen LogP contribution in [0.15, 0.2) is 52.7 Å². The fraction of sp³-hybridized carbons (Fsp3) is 0.273. The van der Waals surface area contributed by atoms with E-state index in [2.05, 4.69) is 5.32 Å². The van der Waals surface area contributed by atoms with E-state index in [1.807, 2.05) is 29.0 Å². The number of carbonyl (C=O) groups is 3. The second-order valence-corrected chi connectivity index (χ2v) is 11.1. The van der Waals surface area contributed by atoms with Crippen LogP contribution in [-0.2, 0) is 27.5 Å². The van der Waals surface area contributed by atoms with Gasteiger partial charge in [0.25, 0.3) is 5.91 Å². The molecule has 2 aromatic rings. The van der Waals surface area contributed by atoms with Crippen molar-refractivity contribution in [3.05, 3.63) is 68.6 Å². The van der Waals surface area contributed by atoms with E-state index in [-0.39, 0.29) is 17.4 Å². The number of aromatic nitrogens is 1. The molecular formula is C22H20Cl3N4O4S2+. The average Bonchev–Trinajstić information content (AvgIpc) is 2.83. The molecule has 3 heterocycles. The van der Waals surface area contributed by atoms with Gasteiger partial charge in [0.15, 0.2) is 18.4 Å². The van der Waals surface area contributed by atoms with Gasteiger partial charge in [-0.1, -0.05) is 40.9 Å². The molecule has 2 amide bonds. The first-order valence-corrected chi connectivity index (χ1v) is 13.5. The first kappa shape index (κ1) is 26.1. The number of nitrogens with zero attached hydrogens (tertiary/aromatic N) is 2. The van der Waals surface area contributed by atoms with Crippen molar-refractivity contribution in [2.45, 2.75) is 29.4 Å². The lowest BCUT2D eigenvalue weighted by Crippen LogP contribution is -2.71. The van der Waals surface area contributed by atoms with Crippen LogP contribution in [0.2, 0.25) is 15.1 Å². The summed E-state index contributed by atoms with van der Waals surface area (Å²) in [4.78, 5) is 39.4. The summed E-state index contributed by atoms with van der Waals surface area (Å²) in [5.74, 6) is -1.62. The van der Waals surface area contributed by atoms with Gasteiger partial charge in [0.1, 0.15) is 17.1 Å². The molecule has 4 N–H and O–H groups in total. The van der Waals surface area contributed by atoms with Crippen molar-refractivity contribution in [3.63, 3.8) is 0 Å². The minimum Gasteiger partial charge on any atom is -0.477 e. The molecule has 13 heteroatoms. The zero-order chi connectivity index (χ0) is 25.3. The second kappa shape index (κ2) is 11.0. The minimum atomic E-state index is -1.18. The zero-order valence-corrected chi connectivity index (χ0v) is 21.9. The molecule has 2 aliphatic heterocycles. The molecule has 2 atom stereocenters. The molecule has 0 radical (unpaired) electrons. The number of thioether (sulfide) groups is 2. The maximum atomic E-state index is 12.9. The summed E-state index contributed by atoms with van der Waals surface area (Å²) in [6.07, 6.45) is 1.82. The number of nitrogens with one attached hydrogen (secondary N) is 1. The van der Waals surface area contributed by atoms with Gasteiger partial charge in [-0.3, -0.25) is 14.5 Å². The van der Waals surface area contributed by atoms with Crippen LogP contribution in [0.3, 0.4) is 0 Å². The van der Waals surface area contributed by atoms with Crippen LogP contribution in [0.5, 0.6) is 0 Å². The monoisotopic (exact) mass is 573 g/mol. The Morgan fingerprint density at radius 3 is 2.69 bits per heavy atom. The van der Waals surface area contributed by atoms with E-state index in [4.69, 9.17) is 40.5 Å². The Balaban J connectivity index is 1.44. The number of carboxylic acid groups (broad SMARTS) is 1. The molecule has 8 nitrogen and oxygen atoms in total. The Morgan fingerprint density at radius 1 is 1.23 bits per heavy atom. The Bertz CT molecular complexity index is 1240. The van der Waals surface area contributed by atoms with Gasteiger partial charge < -0.3 is 16.2 Å². The highest BCUT2D eigenvalue weighted by molar-refractivity contribution is 8.00. The standard InChI is InChI=1S/C22H19Cl3N4O4S2/c23-13-5-15(25)16(6-14(13)24)34-10-17(30)27-18-20(31)29-19(22(32)33)11(9-35-21(18)29)8-28-4-2-1-3-12(28)7-26/h1-6,18,21H,7-10,26H2,(H-,27,30,32,33)/p+1/t18-,21+/m0/s1. The molecule has 1 fully saturated rings. The largest absolute Gasteiger partial charge is 0.477 e. The second-order valence-electron chi connectivity index (χ2n) is 7.72. The SMILES string of the molecule is NCc1cccc[n+]1CC1=C(C(=O)O)N2C(=O)[C@H](NC(=O)CSc3cc(Cl)c(Cl)cc3Cl)[C@H]2SC1. The van der Waals surface area contributed by atoms with Gasteiger partial charge in [-0.2, -0.15) is 4.57 Å². The quantitative estimate of drug-likeness (QED) is 0.192. The summed E-state index contributed by atoms with van der Waals surface area (Å²) in [7, 11) is 0. The lowest BCUT2D eigenvalue weighted by atomic mass is 10.0. The third kappa shape index (κ3) is 5.42. The van der Waals surface area contributed by atoms with Crippen LogP contribution in [0, 0.1) is 0 Å². The van der Waals surface area contributed by atoms with Crippen molar-refractivity contribution in [3.8, 4) is 0 Å². The molecule has 35 heavy (non-hydrogen) atoms. The van der Waals surface area contributed by atoms with Gasteiger partial charge in [0.2, 0.25) is 5.91 Å². The molecule has 0 spiro atoms. The van der Waals surface area contributed by atoms with Crippen molar-refractivity contribution in [1.82, 2.24) is 10.2 Å². The van der Waals surface area contributed by atoms with Crippen LogP contribution < -0.4 is 15.6 Å². The lowest BCUT2D eigenvalue weighted by Gasteiger charge is -2.49. The van der Waals surface area contributed by atoms with Gasteiger partial charge in [-0.05, 0) is 12.1 Å². The topological polar surface area (TPSA) is 117 Å². The smallest absolute Gasteiger partial charge is 0.352 e. The van der Waals surface area contributed by atoms with E-state index >= 15 is 0 Å². The number of aliphatic carboxylic acids is 1. The Morgan fingerprint density at radius 2 is 1.97 bits per heavy atom. The summed E-state index contributed by atoms with van der Waals surface area (Å²) in [5.41, 5.74) is 7.20. The first-order valence-electron chi connectivity index (χ1n) is 10.4. The number of carbonyl (C=O) groups excluding carboxylic acids is 2. The number of nitrogens with two attached hydrogens (primary N) is 1. The fourth-order valence-corrected chi connectivity index (χ4v) is 6.71. The third-order valence-electron chi connectivity index (χ3n) is 5.50. The number of carboxylic acids is 1.